The van der Waals surface area contributed by atoms with Gasteiger partial charge >= 0.3 is 6.18 Å². The van der Waals surface area contributed by atoms with E-state index >= 15 is 0 Å². The fourth-order valence-corrected chi connectivity index (χ4v) is 3.42. The van der Waals surface area contributed by atoms with Crippen molar-refractivity contribution in [1.29, 1.82) is 5.41 Å². The van der Waals surface area contributed by atoms with Crippen LogP contribution in [0, 0.1) is 11.2 Å². The van der Waals surface area contributed by atoms with E-state index < -0.39 is 23.1 Å². The van der Waals surface area contributed by atoms with E-state index in [0.29, 0.717) is 23.9 Å². The summed E-state index contributed by atoms with van der Waals surface area (Å²) in [5.41, 5.74) is 4.93. The number of hydrogen-bond acceptors (Lipinski definition) is 5. The van der Waals surface area contributed by atoms with E-state index in [1.165, 1.54) is 13.2 Å². The minimum atomic E-state index is -4.79. The third kappa shape index (κ3) is 4.11. The molecule has 1 aliphatic heterocycles. The van der Waals surface area contributed by atoms with Crippen LogP contribution in [0.4, 0.5) is 28.9 Å². The van der Waals surface area contributed by atoms with Gasteiger partial charge in [0.25, 0.3) is 5.56 Å². The lowest BCUT2D eigenvalue weighted by molar-refractivity contribution is -0.137. The van der Waals surface area contributed by atoms with Crippen molar-refractivity contribution in [3.63, 3.8) is 0 Å². The van der Waals surface area contributed by atoms with Gasteiger partial charge in [-0.1, -0.05) is 11.6 Å². The highest BCUT2D eigenvalue weighted by Crippen LogP contribution is 2.37. The molecule has 0 fully saturated rings. The van der Waals surface area contributed by atoms with Crippen LogP contribution in [-0.4, -0.2) is 36.2 Å². The molecule has 0 aliphatic carbocycles. The molecular weight excluding hydrogens is 428 g/mol. The Labute approximate surface area is 173 Å². The van der Waals surface area contributed by atoms with Crippen LogP contribution < -0.4 is 21.1 Å². The van der Waals surface area contributed by atoms with Crippen molar-refractivity contribution < 1.29 is 17.6 Å². The Balaban J connectivity index is 1.89. The number of aromatic nitrogens is 2. The second-order valence-electron chi connectivity index (χ2n) is 6.64. The number of amidine groups is 1. The first-order chi connectivity index (χ1) is 14.0. The van der Waals surface area contributed by atoms with Gasteiger partial charge in [-0.05, 0) is 24.6 Å². The van der Waals surface area contributed by atoms with Crippen molar-refractivity contribution in [2.75, 3.05) is 29.9 Å². The number of aromatic amines is 1. The minimum Gasteiger partial charge on any atom is -0.400 e. The molecule has 1 aromatic heterocycles. The van der Waals surface area contributed by atoms with Crippen LogP contribution in [0.1, 0.15) is 12.0 Å². The van der Waals surface area contributed by atoms with Crippen LogP contribution >= 0.6 is 11.6 Å². The van der Waals surface area contributed by atoms with Gasteiger partial charge in [-0.25, -0.2) is 9.49 Å². The summed E-state index contributed by atoms with van der Waals surface area (Å²) in [4.78, 5) is 14.3. The van der Waals surface area contributed by atoms with Crippen molar-refractivity contribution in [3.05, 3.63) is 62.4 Å². The fourth-order valence-electron chi connectivity index (χ4n) is 3.21. The molecule has 0 bridgehead atoms. The molecule has 1 aromatic carbocycles. The van der Waals surface area contributed by atoms with E-state index in [1.54, 1.807) is 4.90 Å². The predicted molar refractivity (Wildman–Crippen MR) is 105 cm³/mol. The summed E-state index contributed by atoms with van der Waals surface area (Å²) in [6.07, 6.45) is -3.20. The Hall–Kier alpha value is -3.08. The summed E-state index contributed by atoms with van der Waals surface area (Å²) in [7, 11) is 1.29. The van der Waals surface area contributed by atoms with Gasteiger partial charge in [0.1, 0.15) is 16.7 Å². The average molecular weight is 445 g/mol. The molecule has 0 saturated heterocycles. The quantitative estimate of drug-likeness (QED) is 0.383. The second kappa shape index (κ2) is 7.98. The maximum atomic E-state index is 13.4. The third-order valence-corrected chi connectivity index (χ3v) is 5.11. The topological polar surface area (TPSA) is 102 Å². The number of rotatable bonds is 3. The number of nitrogens with two attached hydrogens (primary N) is 1. The van der Waals surface area contributed by atoms with E-state index in [0.717, 1.165) is 17.0 Å². The lowest BCUT2D eigenvalue weighted by Gasteiger charge is -2.33. The monoisotopic (exact) mass is 444 g/mol. The van der Waals surface area contributed by atoms with Gasteiger partial charge in [-0.3, -0.25) is 10.2 Å². The standard InChI is InChI=1S/C18H17ClF4N6O/c1-28(13-3-2-9(20)6-11(13)18(21,22)23)16(25)10-4-5-29(8-12(10)24)14-7-26-27-17(30)15(14)19/h2-3,6-7,25H,4-5,8,24H2,1H3,(H,27,30). The Morgan fingerprint density at radius 2 is 2.10 bits per heavy atom. The van der Waals surface area contributed by atoms with Gasteiger partial charge in [-0.15, -0.1) is 0 Å². The summed E-state index contributed by atoms with van der Waals surface area (Å²) in [5, 5.41) is 14.2. The van der Waals surface area contributed by atoms with E-state index in [9.17, 15) is 22.4 Å². The summed E-state index contributed by atoms with van der Waals surface area (Å²) < 4.78 is 53.4. The SMILES string of the molecule is CN(C(=N)C1=C(N)CN(c2cn[nH]c(=O)c2Cl)CC1)c1ccc(F)cc1C(F)(F)F. The van der Waals surface area contributed by atoms with E-state index in [1.807, 2.05) is 0 Å². The number of anilines is 2. The maximum Gasteiger partial charge on any atom is 0.418 e. The summed E-state index contributed by atoms with van der Waals surface area (Å²) in [6.45, 7) is 0.415. The zero-order valence-electron chi connectivity index (χ0n) is 15.6. The Morgan fingerprint density at radius 1 is 1.40 bits per heavy atom. The third-order valence-electron chi connectivity index (χ3n) is 4.75. The molecule has 160 valence electrons. The molecule has 2 aromatic rings. The molecule has 0 spiro atoms. The number of H-pyrrole nitrogens is 1. The molecule has 0 saturated carbocycles. The van der Waals surface area contributed by atoms with Gasteiger partial charge in [-0.2, -0.15) is 18.3 Å². The smallest absolute Gasteiger partial charge is 0.400 e. The van der Waals surface area contributed by atoms with Crippen LogP contribution in [0.25, 0.3) is 0 Å². The predicted octanol–water partition coefficient (Wildman–Crippen LogP) is 3.12. The number of halogens is 5. The molecule has 3 rings (SSSR count). The first-order valence-corrected chi connectivity index (χ1v) is 9.03. The zero-order valence-corrected chi connectivity index (χ0v) is 16.4. The molecule has 1 aliphatic rings. The van der Waals surface area contributed by atoms with Crippen LogP contribution in [-0.2, 0) is 6.18 Å². The molecule has 30 heavy (non-hydrogen) atoms. The van der Waals surface area contributed by atoms with Crippen molar-refractivity contribution in [2.24, 2.45) is 5.73 Å². The van der Waals surface area contributed by atoms with Gasteiger partial charge in [0.2, 0.25) is 0 Å². The summed E-state index contributed by atoms with van der Waals surface area (Å²) >= 11 is 6.01. The molecule has 12 heteroatoms. The number of alkyl halides is 3. The van der Waals surface area contributed by atoms with Gasteiger partial charge in [0.05, 0.1) is 29.7 Å². The normalized spacial score (nSPS) is 14.8. The van der Waals surface area contributed by atoms with E-state index in [-0.39, 0.29) is 35.2 Å². The highest BCUT2D eigenvalue weighted by atomic mass is 35.5. The Kier molecular flexibility index (Phi) is 5.75. The Morgan fingerprint density at radius 3 is 2.73 bits per heavy atom. The molecule has 7 nitrogen and oxygen atoms in total. The van der Waals surface area contributed by atoms with Crippen molar-refractivity contribution in [3.8, 4) is 0 Å². The minimum absolute atomic E-state index is 0.0606. The summed E-state index contributed by atoms with van der Waals surface area (Å²) in [5.74, 6) is -1.26. The molecule has 0 unspecified atom stereocenters. The number of likely N-dealkylation sites (N-methyl/N-ethyl adjacent to an activating group) is 1. The van der Waals surface area contributed by atoms with Crippen molar-refractivity contribution >= 4 is 28.8 Å². The van der Waals surface area contributed by atoms with Crippen LogP contribution in [0.5, 0.6) is 0 Å². The molecular formula is C18H17ClF4N6O. The van der Waals surface area contributed by atoms with E-state index in [4.69, 9.17) is 22.7 Å². The maximum absolute atomic E-state index is 13.4. The van der Waals surface area contributed by atoms with Crippen LogP contribution in [0.3, 0.4) is 0 Å². The van der Waals surface area contributed by atoms with Crippen LogP contribution in [0.2, 0.25) is 5.02 Å². The van der Waals surface area contributed by atoms with Gasteiger partial charge < -0.3 is 15.5 Å². The second-order valence-corrected chi connectivity index (χ2v) is 7.02. The largest absolute Gasteiger partial charge is 0.418 e. The lowest BCUT2D eigenvalue weighted by Crippen LogP contribution is -2.40. The molecule has 2 heterocycles. The number of nitrogens with zero attached hydrogens (tertiary/aromatic N) is 3. The zero-order chi connectivity index (χ0) is 22.2. The van der Waals surface area contributed by atoms with Gasteiger partial charge in [0.15, 0.2) is 0 Å². The molecule has 0 amide bonds. The summed E-state index contributed by atoms with van der Waals surface area (Å²) in [6, 6.07) is 2.26. The molecule has 4 N–H and O–H groups in total. The lowest BCUT2D eigenvalue weighted by atomic mass is 10.0. The fraction of sp³-hybridized carbons (Fsp3) is 0.278. The first kappa shape index (κ1) is 21.6. The van der Waals surface area contributed by atoms with Gasteiger partial charge in [0, 0.05) is 24.9 Å². The molecule has 0 radical (unpaired) electrons. The number of hydrogen-bond donors (Lipinski definition) is 3. The van der Waals surface area contributed by atoms with Crippen molar-refractivity contribution in [1.82, 2.24) is 10.2 Å². The van der Waals surface area contributed by atoms with Crippen LogP contribution in [0.15, 0.2) is 40.5 Å². The first-order valence-electron chi connectivity index (χ1n) is 8.65. The average Bonchev–Trinajstić information content (AvgIpc) is 2.68. The van der Waals surface area contributed by atoms with E-state index in [2.05, 4.69) is 10.2 Å². The highest BCUT2D eigenvalue weighted by molar-refractivity contribution is 6.33. The number of benzene rings is 1. The molecule has 0 atom stereocenters. The highest BCUT2D eigenvalue weighted by Gasteiger charge is 2.36. The number of nitrogens with one attached hydrogen (secondary N) is 2. The van der Waals surface area contributed by atoms with Crippen molar-refractivity contribution in [2.45, 2.75) is 12.6 Å². The Bertz CT molecular complexity index is 1080.